The van der Waals surface area contributed by atoms with Gasteiger partial charge in [0.1, 0.15) is 0 Å². The van der Waals surface area contributed by atoms with E-state index in [-0.39, 0.29) is 5.41 Å². The third-order valence-electron chi connectivity index (χ3n) is 3.36. The fourth-order valence-corrected chi connectivity index (χ4v) is 1.74. The first-order valence-corrected chi connectivity index (χ1v) is 6.15. The Morgan fingerprint density at radius 1 is 1.58 bits per heavy atom. The van der Waals surface area contributed by atoms with Gasteiger partial charge >= 0.3 is 12.0 Å². The molecule has 1 aliphatic rings. The Labute approximate surface area is 111 Å². The lowest BCUT2D eigenvalue weighted by Crippen LogP contribution is -2.42. The highest BCUT2D eigenvalue weighted by Gasteiger charge is 2.37. The Morgan fingerprint density at radius 2 is 2.26 bits per heavy atom. The molecule has 1 aromatic rings. The molecule has 0 saturated heterocycles. The van der Waals surface area contributed by atoms with E-state index in [4.69, 9.17) is 5.11 Å². The first-order valence-electron chi connectivity index (χ1n) is 6.15. The second kappa shape index (κ2) is 4.91. The zero-order chi connectivity index (χ0) is 14.0. The summed E-state index contributed by atoms with van der Waals surface area (Å²) in [5, 5.41) is 18.2. The van der Waals surface area contributed by atoms with Crippen LogP contribution in [0, 0.1) is 5.41 Å². The fraction of sp³-hybridized carbons (Fsp3) is 0.583. The lowest BCUT2D eigenvalue weighted by molar-refractivity contribution is -0.139. The first-order chi connectivity index (χ1) is 8.89. The van der Waals surface area contributed by atoms with E-state index in [0.717, 1.165) is 12.8 Å². The number of carbonyl (C=O) groups is 2. The molecule has 1 saturated carbocycles. The van der Waals surface area contributed by atoms with Gasteiger partial charge in [0.05, 0.1) is 6.20 Å². The summed E-state index contributed by atoms with van der Waals surface area (Å²) in [4.78, 5) is 22.9. The fourth-order valence-electron chi connectivity index (χ4n) is 1.74. The maximum absolute atomic E-state index is 11.7. The van der Waals surface area contributed by atoms with E-state index in [0.29, 0.717) is 12.1 Å². The normalized spacial score (nSPS) is 17.6. The van der Waals surface area contributed by atoms with Crippen LogP contribution in [-0.4, -0.2) is 33.4 Å². The molecule has 0 radical (unpaired) electrons. The molecule has 0 spiro atoms. The number of amides is 2. The zero-order valence-corrected chi connectivity index (χ0v) is 11.0. The SMILES string of the molecule is Cn1cc(C(NC(=O)NCC2(C)CC2)C(=O)O)cn1. The van der Waals surface area contributed by atoms with E-state index in [9.17, 15) is 9.59 Å². The monoisotopic (exact) mass is 266 g/mol. The van der Waals surface area contributed by atoms with E-state index >= 15 is 0 Å². The molecular weight excluding hydrogens is 248 g/mol. The molecule has 1 heterocycles. The number of urea groups is 1. The second-order valence-electron chi connectivity index (χ2n) is 5.36. The Kier molecular flexibility index (Phi) is 3.46. The van der Waals surface area contributed by atoms with E-state index in [1.807, 2.05) is 0 Å². The summed E-state index contributed by atoms with van der Waals surface area (Å²) < 4.78 is 1.50. The molecule has 2 amide bonds. The number of hydrogen-bond donors (Lipinski definition) is 3. The Morgan fingerprint density at radius 3 is 2.74 bits per heavy atom. The third kappa shape index (κ3) is 3.46. The van der Waals surface area contributed by atoms with Crippen LogP contribution in [0.15, 0.2) is 12.4 Å². The number of rotatable bonds is 5. The van der Waals surface area contributed by atoms with Gasteiger partial charge in [-0.05, 0) is 18.3 Å². The molecule has 104 valence electrons. The largest absolute Gasteiger partial charge is 0.479 e. The number of aryl methyl sites for hydroxylation is 1. The second-order valence-corrected chi connectivity index (χ2v) is 5.36. The molecule has 0 aromatic carbocycles. The lowest BCUT2D eigenvalue weighted by Gasteiger charge is -2.15. The van der Waals surface area contributed by atoms with Crippen molar-refractivity contribution in [3.63, 3.8) is 0 Å². The van der Waals surface area contributed by atoms with Gasteiger partial charge in [0.15, 0.2) is 6.04 Å². The summed E-state index contributed by atoms with van der Waals surface area (Å²) in [5.41, 5.74) is 0.632. The number of carbonyl (C=O) groups excluding carboxylic acids is 1. The van der Waals surface area contributed by atoms with Crippen molar-refractivity contribution in [3.05, 3.63) is 18.0 Å². The summed E-state index contributed by atoms with van der Waals surface area (Å²) in [5.74, 6) is -1.11. The minimum absolute atomic E-state index is 0.185. The van der Waals surface area contributed by atoms with Crippen LogP contribution in [-0.2, 0) is 11.8 Å². The number of nitrogens with one attached hydrogen (secondary N) is 2. The van der Waals surface area contributed by atoms with Crippen molar-refractivity contribution in [3.8, 4) is 0 Å². The predicted molar refractivity (Wildman–Crippen MR) is 67.5 cm³/mol. The van der Waals surface area contributed by atoms with Gasteiger partial charge in [0.25, 0.3) is 0 Å². The standard InChI is InChI=1S/C12H18N4O3/c1-12(3-4-12)7-13-11(19)15-9(10(17)18)8-5-14-16(2)6-8/h5-6,9H,3-4,7H2,1-2H3,(H,17,18)(H2,13,15,19). The topological polar surface area (TPSA) is 96.2 Å². The van der Waals surface area contributed by atoms with E-state index in [2.05, 4.69) is 22.7 Å². The molecule has 0 bridgehead atoms. The van der Waals surface area contributed by atoms with Crippen LogP contribution in [0.2, 0.25) is 0 Å². The molecule has 1 aliphatic carbocycles. The molecule has 2 rings (SSSR count). The van der Waals surface area contributed by atoms with Gasteiger partial charge in [0.2, 0.25) is 0 Å². The van der Waals surface area contributed by atoms with Gasteiger partial charge in [-0.15, -0.1) is 0 Å². The van der Waals surface area contributed by atoms with Crippen LogP contribution in [0.3, 0.4) is 0 Å². The van der Waals surface area contributed by atoms with Crippen LogP contribution in [0.5, 0.6) is 0 Å². The Hall–Kier alpha value is -2.05. The number of aliphatic carboxylic acids is 1. The first kappa shape index (κ1) is 13.4. The van der Waals surface area contributed by atoms with Gasteiger partial charge in [-0.25, -0.2) is 9.59 Å². The van der Waals surface area contributed by atoms with Crippen LogP contribution in [0.4, 0.5) is 4.79 Å². The molecule has 7 heteroatoms. The van der Waals surface area contributed by atoms with Gasteiger partial charge in [-0.3, -0.25) is 4.68 Å². The zero-order valence-electron chi connectivity index (χ0n) is 11.0. The van der Waals surface area contributed by atoms with Crippen LogP contribution < -0.4 is 10.6 Å². The lowest BCUT2D eigenvalue weighted by atomic mass is 10.1. The van der Waals surface area contributed by atoms with Crippen LogP contribution in [0.1, 0.15) is 31.4 Å². The number of nitrogens with zero attached hydrogens (tertiary/aromatic N) is 2. The number of carboxylic acid groups (broad SMARTS) is 1. The Balaban J connectivity index is 1.93. The van der Waals surface area contributed by atoms with Crippen molar-refractivity contribution in [2.45, 2.75) is 25.8 Å². The minimum atomic E-state index is -1.11. The Bertz CT molecular complexity index is 493. The molecule has 1 atom stereocenters. The molecule has 19 heavy (non-hydrogen) atoms. The summed E-state index contributed by atoms with van der Waals surface area (Å²) in [6.07, 6.45) is 5.19. The number of hydrogen-bond acceptors (Lipinski definition) is 3. The van der Waals surface area contributed by atoms with Crippen molar-refractivity contribution in [2.75, 3.05) is 6.54 Å². The van der Waals surface area contributed by atoms with Crippen molar-refractivity contribution < 1.29 is 14.7 Å². The van der Waals surface area contributed by atoms with Crippen LogP contribution in [0.25, 0.3) is 0 Å². The number of carboxylic acids is 1. The van der Waals surface area contributed by atoms with Crippen molar-refractivity contribution in [1.82, 2.24) is 20.4 Å². The average molecular weight is 266 g/mol. The summed E-state index contributed by atoms with van der Waals surface area (Å²) in [6, 6.07) is -1.55. The summed E-state index contributed by atoms with van der Waals surface area (Å²) in [7, 11) is 1.69. The molecule has 1 fully saturated rings. The molecule has 1 unspecified atom stereocenters. The molecular formula is C12H18N4O3. The van der Waals surface area contributed by atoms with Crippen LogP contribution >= 0.6 is 0 Å². The van der Waals surface area contributed by atoms with E-state index < -0.39 is 18.0 Å². The summed E-state index contributed by atoms with van der Waals surface area (Å²) >= 11 is 0. The minimum Gasteiger partial charge on any atom is -0.479 e. The van der Waals surface area contributed by atoms with Gasteiger partial charge in [0, 0.05) is 25.4 Å². The average Bonchev–Trinajstić information content (AvgIpc) is 2.92. The van der Waals surface area contributed by atoms with Gasteiger partial charge < -0.3 is 15.7 Å². The third-order valence-corrected chi connectivity index (χ3v) is 3.36. The summed E-state index contributed by atoms with van der Waals surface area (Å²) in [6.45, 7) is 2.65. The van der Waals surface area contributed by atoms with Crippen molar-refractivity contribution in [2.24, 2.45) is 12.5 Å². The highest BCUT2D eigenvalue weighted by Crippen LogP contribution is 2.43. The van der Waals surface area contributed by atoms with Gasteiger partial charge in [-0.1, -0.05) is 6.92 Å². The van der Waals surface area contributed by atoms with E-state index in [1.54, 1.807) is 13.2 Å². The highest BCUT2D eigenvalue weighted by atomic mass is 16.4. The van der Waals surface area contributed by atoms with E-state index in [1.165, 1.54) is 10.9 Å². The maximum atomic E-state index is 11.7. The molecule has 1 aromatic heterocycles. The van der Waals surface area contributed by atoms with Crippen molar-refractivity contribution >= 4 is 12.0 Å². The van der Waals surface area contributed by atoms with Crippen molar-refractivity contribution in [1.29, 1.82) is 0 Å². The highest BCUT2D eigenvalue weighted by molar-refractivity contribution is 5.83. The molecule has 7 nitrogen and oxygen atoms in total. The maximum Gasteiger partial charge on any atom is 0.331 e. The molecule has 0 aliphatic heterocycles. The molecule has 3 N–H and O–H groups in total. The number of aromatic nitrogens is 2. The smallest absolute Gasteiger partial charge is 0.331 e. The predicted octanol–water partition coefficient (Wildman–Crippen LogP) is 0.645. The van der Waals surface area contributed by atoms with Gasteiger partial charge in [-0.2, -0.15) is 5.10 Å². The quantitative estimate of drug-likeness (QED) is 0.729.